The van der Waals surface area contributed by atoms with Gasteiger partial charge in [0.15, 0.2) is 0 Å². The minimum atomic E-state index is -0.0244. The highest BCUT2D eigenvalue weighted by Gasteiger charge is 2.13. The fraction of sp³-hybridized carbons (Fsp3) is 0.250. The number of thiol groups is 1. The SMILES string of the molecule is C=C(C)CN(C)C(=O)c1ccccc1S. The molecule has 15 heavy (non-hydrogen) atoms. The van der Waals surface area contributed by atoms with Crippen LogP contribution in [0.4, 0.5) is 0 Å². The number of carbonyl (C=O) groups excluding carboxylic acids is 1. The Kier molecular flexibility index (Phi) is 3.97. The van der Waals surface area contributed by atoms with Crippen LogP contribution in [0.1, 0.15) is 17.3 Å². The van der Waals surface area contributed by atoms with Crippen LogP contribution in [0.3, 0.4) is 0 Å². The van der Waals surface area contributed by atoms with Gasteiger partial charge in [-0.05, 0) is 19.1 Å². The molecule has 0 heterocycles. The Balaban J connectivity index is 2.85. The molecule has 1 rings (SSSR count). The minimum absolute atomic E-state index is 0.0244. The molecular weight excluding hydrogens is 206 g/mol. The molecule has 0 aliphatic heterocycles. The molecule has 0 N–H and O–H groups in total. The van der Waals surface area contributed by atoms with Crippen molar-refractivity contribution in [3.8, 4) is 0 Å². The highest BCUT2D eigenvalue weighted by Crippen LogP contribution is 2.14. The van der Waals surface area contributed by atoms with E-state index >= 15 is 0 Å². The lowest BCUT2D eigenvalue weighted by atomic mass is 10.2. The van der Waals surface area contributed by atoms with Gasteiger partial charge in [0.05, 0.1) is 5.56 Å². The second kappa shape index (κ2) is 5.03. The van der Waals surface area contributed by atoms with Gasteiger partial charge in [0.1, 0.15) is 0 Å². The Labute approximate surface area is 96.0 Å². The van der Waals surface area contributed by atoms with Crippen molar-refractivity contribution in [3.63, 3.8) is 0 Å². The Morgan fingerprint density at radius 3 is 2.60 bits per heavy atom. The standard InChI is InChI=1S/C12H15NOS/c1-9(2)8-13(3)12(14)10-6-4-5-7-11(10)15/h4-7,15H,1,8H2,2-3H3. The van der Waals surface area contributed by atoms with E-state index in [0.717, 1.165) is 5.57 Å². The van der Waals surface area contributed by atoms with E-state index in [2.05, 4.69) is 19.2 Å². The van der Waals surface area contributed by atoms with Crippen LogP contribution in [0.2, 0.25) is 0 Å². The van der Waals surface area contributed by atoms with Gasteiger partial charge in [-0.15, -0.1) is 12.6 Å². The van der Waals surface area contributed by atoms with Crippen LogP contribution >= 0.6 is 12.6 Å². The molecule has 2 nitrogen and oxygen atoms in total. The van der Waals surface area contributed by atoms with Crippen molar-refractivity contribution in [2.24, 2.45) is 0 Å². The molecular formula is C12H15NOS. The molecule has 0 atom stereocenters. The van der Waals surface area contributed by atoms with E-state index in [1.807, 2.05) is 25.1 Å². The number of hydrogen-bond acceptors (Lipinski definition) is 2. The Bertz CT molecular complexity index is 387. The van der Waals surface area contributed by atoms with Gasteiger partial charge >= 0.3 is 0 Å². The predicted molar refractivity (Wildman–Crippen MR) is 65.5 cm³/mol. The van der Waals surface area contributed by atoms with Gasteiger partial charge in [0.25, 0.3) is 5.91 Å². The number of hydrogen-bond donors (Lipinski definition) is 1. The molecule has 1 amide bonds. The summed E-state index contributed by atoms with van der Waals surface area (Å²) in [4.78, 5) is 14.3. The van der Waals surface area contributed by atoms with Gasteiger partial charge in [-0.1, -0.05) is 24.3 Å². The van der Waals surface area contributed by atoms with E-state index in [4.69, 9.17) is 0 Å². The van der Waals surface area contributed by atoms with Crippen LogP contribution in [0.25, 0.3) is 0 Å². The average Bonchev–Trinajstić information content (AvgIpc) is 2.16. The zero-order valence-electron chi connectivity index (χ0n) is 9.03. The highest BCUT2D eigenvalue weighted by molar-refractivity contribution is 7.80. The summed E-state index contributed by atoms with van der Waals surface area (Å²) in [5.74, 6) is -0.0244. The fourth-order valence-electron chi connectivity index (χ4n) is 1.34. The van der Waals surface area contributed by atoms with E-state index < -0.39 is 0 Å². The van der Waals surface area contributed by atoms with Crippen LogP contribution < -0.4 is 0 Å². The highest BCUT2D eigenvalue weighted by atomic mass is 32.1. The molecule has 80 valence electrons. The van der Waals surface area contributed by atoms with Crippen molar-refractivity contribution in [2.45, 2.75) is 11.8 Å². The summed E-state index contributed by atoms with van der Waals surface area (Å²) >= 11 is 4.25. The van der Waals surface area contributed by atoms with Gasteiger partial charge in [-0.3, -0.25) is 4.79 Å². The average molecular weight is 221 g/mol. The van der Waals surface area contributed by atoms with Crippen LogP contribution in [0.5, 0.6) is 0 Å². The molecule has 1 aromatic rings. The normalized spacial score (nSPS) is 9.80. The van der Waals surface area contributed by atoms with E-state index in [9.17, 15) is 4.79 Å². The number of rotatable bonds is 3. The number of likely N-dealkylation sites (N-methyl/N-ethyl adjacent to an activating group) is 1. The number of amides is 1. The van der Waals surface area contributed by atoms with Crippen molar-refractivity contribution in [1.29, 1.82) is 0 Å². The summed E-state index contributed by atoms with van der Waals surface area (Å²) in [5.41, 5.74) is 1.59. The number of carbonyl (C=O) groups is 1. The van der Waals surface area contributed by atoms with Gasteiger partial charge in [0.2, 0.25) is 0 Å². The first-order valence-electron chi connectivity index (χ1n) is 4.70. The number of benzene rings is 1. The topological polar surface area (TPSA) is 20.3 Å². The monoisotopic (exact) mass is 221 g/mol. The molecule has 0 spiro atoms. The lowest BCUT2D eigenvalue weighted by molar-refractivity contribution is 0.0803. The van der Waals surface area contributed by atoms with E-state index in [0.29, 0.717) is 17.0 Å². The summed E-state index contributed by atoms with van der Waals surface area (Å²) < 4.78 is 0. The molecule has 0 fully saturated rings. The van der Waals surface area contributed by atoms with Crippen LogP contribution in [0, 0.1) is 0 Å². The zero-order chi connectivity index (χ0) is 11.4. The second-order valence-electron chi connectivity index (χ2n) is 3.64. The van der Waals surface area contributed by atoms with Crippen molar-refractivity contribution < 1.29 is 4.79 Å². The molecule has 0 aliphatic rings. The van der Waals surface area contributed by atoms with Crippen molar-refractivity contribution in [1.82, 2.24) is 4.90 Å². The molecule has 0 radical (unpaired) electrons. The summed E-state index contributed by atoms with van der Waals surface area (Å²) in [5, 5.41) is 0. The molecule has 0 saturated carbocycles. The smallest absolute Gasteiger partial charge is 0.255 e. The summed E-state index contributed by atoms with van der Waals surface area (Å²) in [6, 6.07) is 7.28. The molecule has 0 unspecified atom stereocenters. The Morgan fingerprint density at radius 2 is 2.07 bits per heavy atom. The van der Waals surface area contributed by atoms with Gasteiger partial charge in [-0.25, -0.2) is 0 Å². The quantitative estimate of drug-likeness (QED) is 0.614. The maximum atomic E-state index is 11.9. The third-order valence-electron chi connectivity index (χ3n) is 1.99. The van der Waals surface area contributed by atoms with Crippen molar-refractivity contribution in [3.05, 3.63) is 42.0 Å². The van der Waals surface area contributed by atoms with Crippen molar-refractivity contribution >= 4 is 18.5 Å². The third-order valence-corrected chi connectivity index (χ3v) is 2.38. The summed E-state index contributed by atoms with van der Waals surface area (Å²) in [7, 11) is 1.76. The first-order chi connectivity index (χ1) is 7.02. The van der Waals surface area contributed by atoms with E-state index in [1.165, 1.54) is 0 Å². The van der Waals surface area contributed by atoms with E-state index in [1.54, 1.807) is 18.0 Å². The van der Waals surface area contributed by atoms with Crippen LogP contribution in [-0.4, -0.2) is 24.4 Å². The summed E-state index contributed by atoms with van der Waals surface area (Å²) in [6.07, 6.45) is 0. The molecule has 3 heteroatoms. The molecule has 0 saturated heterocycles. The first kappa shape index (κ1) is 11.9. The van der Waals surface area contributed by atoms with E-state index in [-0.39, 0.29) is 5.91 Å². The van der Waals surface area contributed by atoms with Crippen LogP contribution in [0.15, 0.2) is 41.3 Å². The second-order valence-corrected chi connectivity index (χ2v) is 4.12. The predicted octanol–water partition coefficient (Wildman–Crippen LogP) is 2.62. The maximum absolute atomic E-state index is 11.9. The lowest BCUT2D eigenvalue weighted by Crippen LogP contribution is -2.28. The minimum Gasteiger partial charge on any atom is -0.338 e. The van der Waals surface area contributed by atoms with Gasteiger partial charge < -0.3 is 4.90 Å². The third kappa shape index (κ3) is 3.13. The molecule has 0 aromatic heterocycles. The first-order valence-corrected chi connectivity index (χ1v) is 5.15. The lowest BCUT2D eigenvalue weighted by Gasteiger charge is -2.17. The Morgan fingerprint density at radius 1 is 1.47 bits per heavy atom. The molecule has 0 bridgehead atoms. The molecule has 0 aliphatic carbocycles. The zero-order valence-corrected chi connectivity index (χ0v) is 9.92. The van der Waals surface area contributed by atoms with Gasteiger partial charge in [-0.2, -0.15) is 0 Å². The number of nitrogens with zero attached hydrogens (tertiary/aromatic N) is 1. The van der Waals surface area contributed by atoms with Gasteiger partial charge in [0, 0.05) is 18.5 Å². The maximum Gasteiger partial charge on any atom is 0.255 e. The van der Waals surface area contributed by atoms with Crippen molar-refractivity contribution in [2.75, 3.05) is 13.6 Å². The largest absolute Gasteiger partial charge is 0.338 e. The Hall–Kier alpha value is -1.22. The fourth-order valence-corrected chi connectivity index (χ4v) is 1.59. The molecule has 1 aromatic carbocycles. The van der Waals surface area contributed by atoms with Crippen LogP contribution in [-0.2, 0) is 0 Å². The summed E-state index contributed by atoms with van der Waals surface area (Å²) in [6.45, 7) is 6.25.